The molecule has 3 N–H and O–H groups in total. The Kier molecular flexibility index (Phi) is 75.8. The predicted octanol–water partition coefficient (Wildman–Crippen LogP) is 24.8. The summed E-state index contributed by atoms with van der Waals surface area (Å²) in [5.41, 5.74) is 0. The van der Waals surface area contributed by atoms with Gasteiger partial charge in [0.25, 0.3) is 0 Å². The molecule has 0 aromatic heterocycles. The van der Waals surface area contributed by atoms with E-state index in [-0.39, 0.29) is 25.7 Å². The molecule has 0 bridgehead atoms. The fourth-order valence-corrected chi connectivity index (χ4v) is 12.2. The highest BCUT2D eigenvalue weighted by molar-refractivity contribution is 7.47. The molecule has 2 unspecified atom stereocenters. The lowest BCUT2D eigenvalue weighted by atomic mass is 10.1. The van der Waals surface area contributed by atoms with Crippen molar-refractivity contribution in [2.45, 2.75) is 341 Å². The molecule has 616 valence electrons. The SMILES string of the molecule is CC/C=C\C/C=C\C/C=C\C/C=C\C/C=C\CCCCCC(=O)OC[C@H](COP(=O)(O)OC[C@@H](O)COP(=O)(O)OC[C@@H](COC(=O)CC/C=C\C/C=C\C/C=C\C/C=C\C/C=C\CCCCC)OC(=O)CCCCCCC/C=C\CCCCCCCC)OC(=O)CCCCCCC/C=C\C/C=C\CCCCC. The maximum absolute atomic E-state index is 13.1. The van der Waals surface area contributed by atoms with Gasteiger partial charge in [-0.15, -0.1) is 0 Å². The zero-order valence-corrected chi connectivity index (χ0v) is 69.3. The van der Waals surface area contributed by atoms with Gasteiger partial charge < -0.3 is 33.8 Å². The first-order valence-corrected chi connectivity index (χ1v) is 44.7. The maximum Gasteiger partial charge on any atom is 0.472 e. The maximum atomic E-state index is 13.1. The molecule has 0 aliphatic carbocycles. The van der Waals surface area contributed by atoms with E-state index in [9.17, 15) is 43.2 Å². The van der Waals surface area contributed by atoms with Crippen molar-refractivity contribution in [3.63, 3.8) is 0 Å². The van der Waals surface area contributed by atoms with Gasteiger partial charge in [-0.1, -0.05) is 288 Å². The molecule has 0 aliphatic rings. The number of hydrogen-bond acceptors (Lipinski definition) is 15. The molecule has 0 rings (SSSR count). The number of phosphoric acid groups is 2. The number of carbonyl (C=O) groups is 4. The van der Waals surface area contributed by atoms with Crippen LogP contribution in [0.4, 0.5) is 0 Å². The summed E-state index contributed by atoms with van der Waals surface area (Å²) in [6, 6.07) is 0. The van der Waals surface area contributed by atoms with Crippen LogP contribution in [0.3, 0.4) is 0 Å². The molecule has 0 amide bonds. The summed E-state index contributed by atoms with van der Waals surface area (Å²) in [5.74, 6) is -2.34. The van der Waals surface area contributed by atoms with E-state index in [0.717, 1.165) is 161 Å². The molecule has 0 saturated heterocycles. The minimum atomic E-state index is -5.01. The Morgan fingerprint density at radius 1 is 0.269 bits per heavy atom. The Morgan fingerprint density at radius 2 is 0.500 bits per heavy atom. The second kappa shape index (κ2) is 79.8. The van der Waals surface area contributed by atoms with Crippen LogP contribution in [0, 0.1) is 0 Å². The largest absolute Gasteiger partial charge is 0.472 e. The van der Waals surface area contributed by atoms with Crippen molar-refractivity contribution < 1.29 is 80.2 Å². The lowest BCUT2D eigenvalue weighted by Crippen LogP contribution is -2.30. The number of carbonyl (C=O) groups excluding carboxylic acids is 4. The van der Waals surface area contributed by atoms with E-state index in [0.29, 0.717) is 32.1 Å². The van der Waals surface area contributed by atoms with Crippen molar-refractivity contribution >= 4 is 39.5 Å². The Bertz CT molecular complexity index is 2660. The summed E-state index contributed by atoms with van der Waals surface area (Å²) in [6.07, 6.45) is 93.7. The van der Waals surface area contributed by atoms with E-state index in [1.54, 1.807) is 0 Å². The first kappa shape index (κ1) is 103. The first-order chi connectivity index (χ1) is 52.7. The Balaban J connectivity index is 5.48. The number of esters is 4. The molecule has 19 heteroatoms. The Morgan fingerprint density at radius 3 is 0.833 bits per heavy atom. The van der Waals surface area contributed by atoms with E-state index < -0.39 is 97.5 Å². The third-order valence-corrected chi connectivity index (χ3v) is 18.9. The van der Waals surface area contributed by atoms with E-state index in [4.69, 9.17) is 37.0 Å². The van der Waals surface area contributed by atoms with Gasteiger partial charge in [0, 0.05) is 25.7 Å². The van der Waals surface area contributed by atoms with Crippen molar-refractivity contribution in [1.29, 1.82) is 0 Å². The van der Waals surface area contributed by atoms with Gasteiger partial charge in [0.15, 0.2) is 12.2 Å². The fourth-order valence-electron chi connectivity index (χ4n) is 10.6. The quantitative estimate of drug-likeness (QED) is 0.0169. The van der Waals surface area contributed by atoms with Crippen LogP contribution in [-0.4, -0.2) is 96.7 Å². The predicted molar refractivity (Wildman–Crippen MR) is 445 cm³/mol. The highest BCUT2D eigenvalue weighted by atomic mass is 31.2. The van der Waals surface area contributed by atoms with Crippen LogP contribution in [0.1, 0.15) is 323 Å². The monoisotopic (exact) mass is 1550 g/mol. The molecule has 0 heterocycles. The molecule has 0 spiro atoms. The number of hydrogen-bond donors (Lipinski definition) is 3. The van der Waals surface area contributed by atoms with Crippen molar-refractivity contribution in [2.24, 2.45) is 0 Å². The summed E-state index contributed by atoms with van der Waals surface area (Å²) in [7, 11) is -10.0. The van der Waals surface area contributed by atoms with E-state index in [1.807, 2.05) is 12.2 Å². The van der Waals surface area contributed by atoms with Crippen LogP contribution in [-0.2, 0) is 65.4 Å². The van der Waals surface area contributed by atoms with Gasteiger partial charge >= 0.3 is 39.5 Å². The zero-order valence-electron chi connectivity index (χ0n) is 67.5. The molecular weight excluding hydrogens is 1400 g/mol. The number of phosphoric ester groups is 2. The first-order valence-electron chi connectivity index (χ1n) is 41.7. The smallest absolute Gasteiger partial charge is 0.462 e. The lowest BCUT2D eigenvalue weighted by Gasteiger charge is -2.21. The van der Waals surface area contributed by atoms with Crippen LogP contribution in [0.15, 0.2) is 158 Å². The topological polar surface area (TPSA) is 237 Å². The second-order valence-corrected chi connectivity index (χ2v) is 30.2. The summed E-state index contributed by atoms with van der Waals surface area (Å²) < 4.78 is 68.6. The average Bonchev–Trinajstić information content (AvgIpc) is 0.923. The number of allylic oxidation sites excluding steroid dienone is 26. The molecular formula is C89H148O17P2. The van der Waals surface area contributed by atoms with E-state index in [2.05, 4.69) is 174 Å². The standard InChI is InChI=1S/C89H148O17P2/c1-5-9-13-17-21-25-29-33-37-39-41-43-47-49-53-57-61-65-69-73-86(91)99-79-84(105-88(93)75-71-67-63-59-55-51-45-35-31-27-23-19-15-11-7-3)81-103-107(95,96)101-77-83(90)78-102-108(97,98)104-82-85(106-89(94)76-72-68-64-60-56-52-46-36-32-28-24-20-16-12-8-4)80-100-87(92)74-70-66-62-58-54-50-48-44-42-40-38-34-30-26-22-18-14-10-6-2/h9,13,21-23,25-27,33-38,41-46,49-50,53-54,62,66,83-85,90H,5-8,10-12,14-20,24,28-32,39-40,47-48,51-52,55-61,63-65,67-82H2,1-4H3,(H,95,96)(H,97,98)/b13-9-,25-21-,26-22-,27-23-,37-33-,38-34-,43-41-,44-42-,45-35-,46-36-,53-49-,54-50-,66-62-/t83-,84-,85-/m1/s1. The summed E-state index contributed by atoms with van der Waals surface area (Å²) >= 11 is 0. The molecule has 17 nitrogen and oxygen atoms in total. The van der Waals surface area contributed by atoms with Gasteiger partial charge in [0.05, 0.1) is 26.4 Å². The van der Waals surface area contributed by atoms with Crippen LogP contribution >= 0.6 is 15.6 Å². The molecule has 0 aliphatic heterocycles. The van der Waals surface area contributed by atoms with Crippen LogP contribution in [0.25, 0.3) is 0 Å². The number of rotatable bonds is 77. The minimum absolute atomic E-state index is 0.0320. The van der Waals surface area contributed by atoms with Crippen LogP contribution in [0.5, 0.6) is 0 Å². The van der Waals surface area contributed by atoms with Gasteiger partial charge in [-0.3, -0.25) is 37.3 Å². The molecule has 0 saturated carbocycles. The van der Waals surface area contributed by atoms with Crippen molar-refractivity contribution in [3.05, 3.63) is 158 Å². The van der Waals surface area contributed by atoms with Crippen LogP contribution in [0.2, 0.25) is 0 Å². The van der Waals surface area contributed by atoms with Crippen molar-refractivity contribution in [1.82, 2.24) is 0 Å². The number of aliphatic hydroxyl groups excluding tert-OH is 1. The molecule has 5 atom stereocenters. The van der Waals surface area contributed by atoms with Crippen molar-refractivity contribution in [2.75, 3.05) is 39.6 Å². The zero-order chi connectivity index (χ0) is 78.9. The Labute approximate surface area is 655 Å². The highest BCUT2D eigenvalue weighted by Crippen LogP contribution is 2.45. The summed E-state index contributed by atoms with van der Waals surface area (Å²) in [5, 5.41) is 10.7. The minimum Gasteiger partial charge on any atom is -0.462 e. The van der Waals surface area contributed by atoms with Crippen LogP contribution < -0.4 is 0 Å². The third-order valence-electron chi connectivity index (χ3n) is 17.0. The Hall–Kier alpha value is -5.32. The summed E-state index contributed by atoms with van der Waals surface area (Å²) in [4.78, 5) is 73.1. The number of aliphatic hydroxyl groups is 1. The van der Waals surface area contributed by atoms with Gasteiger partial charge in [0.2, 0.25) is 0 Å². The molecule has 0 aromatic carbocycles. The third kappa shape index (κ3) is 78.8. The molecule has 108 heavy (non-hydrogen) atoms. The van der Waals surface area contributed by atoms with Gasteiger partial charge in [-0.25, -0.2) is 9.13 Å². The average molecular weight is 1550 g/mol. The van der Waals surface area contributed by atoms with E-state index >= 15 is 0 Å². The number of ether oxygens (including phenoxy) is 4. The highest BCUT2D eigenvalue weighted by Gasteiger charge is 2.30. The normalized spacial score (nSPS) is 14.6. The second-order valence-electron chi connectivity index (χ2n) is 27.3. The molecule has 0 fully saturated rings. The summed E-state index contributed by atoms with van der Waals surface area (Å²) in [6.45, 7) is 4.57. The van der Waals surface area contributed by atoms with Gasteiger partial charge in [-0.05, 0) is 167 Å². The van der Waals surface area contributed by atoms with Gasteiger partial charge in [-0.2, -0.15) is 0 Å². The molecule has 0 radical (unpaired) electrons. The van der Waals surface area contributed by atoms with Gasteiger partial charge in [0.1, 0.15) is 19.3 Å². The van der Waals surface area contributed by atoms with E-state index in [1.165, 1.54) is 77.0 Å². The molecule has 0 aromatic rings. The lowest BCUT2D eigenvalue weighted by molar-refractivity contribution is -0.161. The van der Waals surface area contributed by atoms with Crippen molar-refractivity contribution in [3.8, 4) is 0 Å². The number of unbranched alkanes of at least 4 members (excludes halogenated alkanes) is 25. The fraction of sp³-hybridized carbons (Fsp3) is 0.663.